The molecule has 3 heterocycles. The van der Waals surface area contributed by atoms with Gasteiger partial charge in [-0.2, -0.15) is 4.98 Å². The van der Waals surface area contributed by atoms with E-state index in [9.17, 15) is 9.59 Å². The minimum atomic E-state index is -1.25. The lowest BCUT2D eigenvalue weighted by Crippen LogP contribution is -2.27. The molecule has 0 saturated heterocycles. The highest BCUT2D eigenvalue weighted by Gasteiger charge is 2.16. The molecule has 8 heteroatoms. The molecule has 3 aromatic heterocycles. The Morgan fingerprint density at radius 2 is 2.27 bits per heavy atom. The van der Waals surface area contributed by atoms with Gasteiger partial charge in [-0.05, 0) is 30.0 Å². The first-order valence-electron chi connectivity index (χ1n) is 6.36. The van der Waals surface area contributed by atoms with Gasteiger partial charge < -0.3 is 14.2 Å². The molecule has 0 atom stereocenters. The maximum atomic E-state index is 12.2. The first-order valence-corrected chi connectivity index (χ1v) is 7.24. The average molecular weight is 317 g/mol. The van der Waals surface area contributed by atoms with Crippen LogP contribution in [0.15, 0.2) is 39.1 Å². The Bertz CT molecular complexity index is 880. The fourth-order valence-corrected chi connectivity index (χ4v) is 2.67. The first-order chi connectivity index (χ1) is 10.6. The molecule has 0 amide bonds. The van der Waals surface area contributed by atoms with Crippen molar-refractivity contribution in [3.8, 4) is 10.8 Å². The highest BCUT2D eigenvalue weighted by atomic mass is 32.1. The van der Waals surface area contributed by atoms with Crippen LogP contribution in [-0.4, -0.2) is 25.8 Å². The van der Waals surface area contributed by atoms with Crippen molar-refractivity contribution < 1.29 is 14.4 Å². The minimum absolute atomic E-state index is 0.0499. The molecule has 0 aromatic carbocycles. The van der Waals surface area contributed by atoms with Gasteiger partial charge in [0.2, 0.25) is 0 Å². The van der Waals surface area contributed by atoms with Gasteiger partial charge in [0.1, 0.15) is 5.56 Å². The monoisotopic (exact) mass is 317 g/mol. The Hall–Kier alpha value is -2.74. The van der Waals surface area contributed by atoms with Crippen molar-refractivity contribution in [1.29, 1.82) is 0 Å². The Balaban J connectivity index is 1.93. The Morgan fingerprint density at radius 1 is 1.45 bits per heavy atom. The van der Waals surface area contributed by atoms with Crippen molar-refractivity contribution in [3.63, 3.8) is 0 Å². The molecule has 0 unspecified atom stereocenters. The van der Waals surface area contributed by atoms with Crippen LogP contribution >= 0.6 is 11.3 Å². The second kappa shape index (κ2) is 5.57. The molecule has 0 bridgehead atoms. The molecule has 22 heavy (non-hydrogen) atoms. The van der Waals surface area contributed by atoms with Gasteiger partial charge in [-0.25, -0.2) is 4.79 Å². The van der Waals surface area contributed by atoms with Gasteiger partial charge >= 0.3 is 5.97 Å². The zero-order valence-corrected chi connectivity index (χ0v) is 12.3. The summed E-state index contributed by atoms with van der Waals surface area (Å²) in [6.45, 7) is 1.63. The number of aryl methyl sites for hydroxylation is 1. The molecule has 0 radical (unpaired) electrons. The van der Waals surface area contributed by atoms with Crippen molar-refractivity contribution >= 4 is 17.3 Å². The van der Waals surface area contributed by atoms with Gasteiger partial charge in [-0.3, -0.25) is 4.79 Å². The van der Waals surface area contributed by atoms with E-state index >= 15 is 0 Å². The summed E-state index contributed by atoms with van der Waals surface area (Å²) in [5.74, 6) is -0.557. The molecule has 0 aliphatic rings. The second-order valence-corrected chi connectivity index (χ2v) is 5.55. The molecule has 112 valence electrons. The molecule has 3 aromatic rings. The van der Waals surface area contributed by atoms with Crippen LogP contribution < -0.4 is 5.56 Å². The molecule has 0 aliphatic carbocycles. The van der Waals surface area contributed by atoms with Crippen LogP contribution in [0.25, 0.3) is 10.8 Å². The molecule has 0 spiro atoms. The normalized spacial score (nSPS) is 10.8. The maximum absolute atomic E-state index is 12.2. The summed E-state index contributed by atoms with van der Waals surface area (Å²) in [6.07, 6.45) is 1.52. The van der Waals surface area contributed by atoms with Crippen LogP contribution in [0, 0.1) is 6.92 Å². The van der Waals surface area contributed by atoms with E-state index in [4.69, 9.17) is 9.63 Å². The summed E-state index contributed by atoms with van der Waals surface area (Å²) < 4.78 is 6.39. The topological polar surface area (TPSA) is 98.2 Å². The van der Waals surface area contributed by atoms with Crippen molar-refractivity contribution in [2.75, 3.05) is 0 Å². The summed E-state index contributed by atoms with van der Waals surface area (Å²) in [4.78, 5) is 28.4. The van der Waals surface area contributed by atoms with Gasteiger partial charge in [0.05, 0.1) is 11.4 Å². The summed E-state index contributed by atoms with van der Waals surface area (Å²) in [7, 11) is 0. The number of aromatic carboxylic acids is 1. The summed E-state index contributed by atoms with van der Waals surface area (Å²) in [5.41, 5.74) is -0.416. The Kier molecular flexibility index (Phi) is 3.60. The van der Waals surface area contributed by atoms with Crippen molar-refractivity contribution in [2.24, 2.45) is 0 Å². The quantitative estimate of drug-likeness (QED) is 0.790. The first kappa shape index (κ1) is 14.2. The number of nitrogens with zero attached hydrogens (tertiary/aromatic N) is 3. The van der Waals surface area contributed by atoms with Gasteiger partial charge in [0, 0.05) is 6.20 Å². The smallest absolute Gasteiger partial charge is 0.341 e. The van der Waals surface area contributed by atoms with Crippen LogP contribution in [-0.2, 0) is 6.54 Å². The molecule has 0 fully saturated rings. The number of hydrogen-bond donors (Lipinski definition) is 1. The summed E-state index contributed by atoms with van der Waals surface area (Å²) in [6, 6.07) is 5.29. The van der Waals surface area contributed by atoms with E-state index in [0.717, 1.165) is 4.88 Å². The maximum Gasteiger partial charge on any atom is 0.341 e. The highest BCUT2D eigenvalue weighted by molar-refractivity contribution is 7.13. The summed E-state index contributed by atoms with van der Waals surface area (Å²) >= 11 is 1.46. The van der Waals surface area contributed by atoms with Crippen LogP contribution in [0.2, 0.25) is 0 Å². The number of pyridine rings is 1. The third-order valence-electron chi connectivity index (χ3n) is 3.10. The molecular formula is C14H11N3O4S. The number of carboxylic acids is 1. The van der Waals surface area contributed by atoms with E-state index in [-0.39, 0.29) is 12.1 Å². The predicted octanol–water partition coefficient (Wildman–Crippen LogP) is 2.01. The molecule has 3 rings (SSSR count). The third-order valence-corrected chi connectivity index (χ3v) is 3.96. The van der Waals surface area contributed by atoms with Gasteiger partial charge in [0.15, 0.2) is 5.82 Å². The van der Waals surface area contributed by atoms with E-state index in [1.165, 1.54) is 22.1 Å². The number of hydrogen-bond acceptors (Lipinski definition) is 6. The van der Waals surface area contributed by atoms with Gasteiger partial charge in [-0.15, -0.1) is 11.3 Å². The van der Waals surface area contributed by atoms with Gasteiger partial charge in [-0.1, -0.05) is 11.2 Å². The van der Waals surface area contributed by atoms with E-state index in [1.54, 1.807) is 13.0 Å². The minimum Gasteiger partial charge on any atom is -0.477 e. The fraction of sp³-hybridized carbons (Fsp3) is 0.143. The third kappa shape index (κ3) is 2.56. The lowest BCUT2D eigenvalue weighted by atomic mass is 10.1. The van der Waals surface area contributed by atoms with Crippen LogP contribution in [0.1, 0.15) is 21.7 Å². The molecule has 7 nitrogen and oxygen atoms in total. The lowest BCUT2D eigenvalue weighted by Gasteiger charge is -2.05. The summed E-state index contributed by atoms with van der Waals surface area (Å²) in [5, 5.41) is 14.8. The molecule has 1 N–H and O–H groups in total. The standard InChI is InChI=1S/C14H11N3O4S/c1-8-4-5-17(13(18)11(8)14(19)20)7-10-15-12(21-16-10)9-3-2-6-22-9/h2-6H,7H2,1H3,(H,19,20). The fourth-order valence-electron chi connectivity index (χ4n) is 2.02. The average Bonchev–Trinajstić information content (AvgIpc) is 3.12. The number of aromatic nitrogens is 3. The largest absolute Gasteiger partial charge is 0.477 e. The SMILES string of the molecule is Cc1ccn(Cc2noc(-c3cccs3)n2)c(=O)c1C(=O)O. The Morgan fingerprint density at radius 3 is 2.95 bits per heavy atom. The number of carbonyl (C=O) groups is 1. The zero-order valence-electron chi connectivity index (χ0n) is 11.5. The zero-order chi connectivity index (χ0) is 15.7. The van der Waals surface area contributed by atoms with E-state index < -0.39 is 11.5 Å². The van der Waals surface area contributed by atoms with Crippen LogP contribution in [0.3, 0.4) is 0 Å². The predicted molar refractivity (Wildman–Crippen MR) is 79.1 cm³/mol. The molecular weight excluding hydrogens is 306 g/mol. The van der Waals surface area contributed by atoms with Gasteiger partial charge in [0.25, 0.3) is 11.4 Å². The Labute approximate surface area is 128 Å². The van der Waals surface area contributed by atoms with Crippen molar-refractivity contribution in [2.45, 2.75) is 13.5 Å². The van der Waals surface area contributed by atoms with E-state index in [2.05, 4.69) is 10.1 Å². The van der Waals surface area contributed by atoms with Crippen molar-refractivity contribution in [1.82, 2.24) is 14.7 Å². The number of carboxylic acid groups (broad SMARTS) is 1. The number of thiophene rings is 1. The van der Waals surface area contributed by atoms with E-state index in [0.29, 0.717) is 17.3 Å². The second-order valence-electron chi connectivity index (χ2n) is 4.61. The van der Waals surface area contributed by atoms with E-state index in [1.807, 2.05) is 17.5 Å². The van der Waals surface area contributed by atoms with Crippen LogP contribution in [0.5, 0.6) is 0 Å². The van der Waals surface area contributed by atoms with Crippen LogP contribution in [0.4, 0.5) is 0 Å². The lowest BCUT2D eigenvalue weighted by molar-refractivity contribution is 0.0693. The highest BCUT2D eigenvalue weighted by Crippen LogP contribution is 2.22. The molecule has 0 aliphatic heterocycles. The molecule has 0 saturated carbocycles. The number of rotatable bonds is 4. The van der Waals surface area contributed by atoms with Crippen molar-refractivity contribution in [3.05, 3.63) is 57.1 Å².